The van der Waals surface area contributed by atoms with Crippen LogP contribution in [-0.4, -0.2) is 0 Å². The third-order valence-corrected chi connectivity index (χ3v) is 1.95. The molecule has 1 unspecified atom stereocenters. The Balaban J connectivity index is 3.44. The van der Waals surface area contributed by atoms with Gasteiger partial charge in [0.15, 0.2) is 0 Å². The van der Waals surface area contributed by atoms with Gasteiger partial charge < -0.3 is 0 Å². The van der Waals surface area contributed by atoms with Gasteiger partial charge in [0, 0.05) is 0 Å². The molecule has 0 fully saturated rings. The molecule has 0 nitrogen and oxygen atoms in total. The molecule has 0 aromatic carbocycles. The Morgan fingerprint density at radius 2 is 1.91 bits per heavy atom. The van der Waals surface area contributed by atoms with Gasteiger partial charge >= 0.3 is 0 Å². The first-order valence-corrected chi connectivity index (χ1v) is 4.81. The van der Waals surface area contributed by atoms with Gasteiger partial charge in [0.25, 0.3) is 0 Å². The van der Waals surface area contributed by atoms with Crippen LogP contribution < -0.4 is 0 Å². The summed E-state index contributed by atoms with van der Waals surface area (Å²) in [6.45, 7) is 13.1. The molecule has 0 aliphatic carbocycles. The molecule has 0 amide bonds. The molecule has 0 saturated carbocycles. The van der Waals surface area contributed by atoms with Gasteiger partial charge in [-0.15, -0.1) is 0 Å². The Morgan fingerprint density at radius 1 is 1.36 bits per heavy atom. The summed E-state index contributed by atoms with van der Waals surface area (Å²) in [6.07, 6.45) is 5.32. The fraction of sp³-hybridized carbons (Fsp3) is 0.909. The summed E-state index contributed by atoms with van der Waals surface area (Å²) >= 11 is 0. The highest BCUT2D eigenvalue weighted by atomic mass is 14.2. The molecule has 0 aliphatic rings. The van der Waals surface area contributed by atoms with Gasteiger partial charge in [0.2, 0.25) is 0 Å². The highest BCUT2D eigenvalue weighted by Crippen LogP contribution is 2.26. The SMILES string of the molecule is [CH2]C(C)(C)CC(C)CCCC. The average molecular weight is 155 g/mol. The van der Waals surface area contributed by atoms with Gasteiger partial charge in [-0.05, 0) is 24.7 Å². The smallest absolute Gasteiger partial charge is 0.0351 e. The number of hydrogen-bond donors (Lipinski definition) is 0. The number of rotatable bonds is 5. The molecule has 0 aromatic heterocycles. The molecular weight excluding hydrogens is 132 g/mol. The van der Waals surface area contributed by atoms with Crippen molar-refractivity contribution < 1.29 is 0 Å². The van der Waals surface area contributed by atoms with Crippen molar-refractivity contribution in [3.05, 3.63) is 6.92 Å². The molecule has 0 saturated heterocycles. The minimum absolute atomic E-state index is 0.271. The molecule has 1 atom stereocenters. The van der Waals surface area contributed by atoms with E-state index in [2.05, 4.69) is 34.6 Å². The van der Waals surface area contributed by atoms with E-state index in [0.29, 0.717) is 0 Å². The van der Waals surface area contributed by atoms with E-state index in [0.717, 1.165) is 5.92 Å². The van der Waals surface area contributed by atoms with Crippen LogP contribution in [-0.2, 0) is 0 Å². The lowest BCUT2D eigenvalue weighted by Crippen LogP contribution is -2.11. The molecule has 0 aliphatic heterocycles. The van der Waals surface area contributed by atoms with Gasteiger partial charge in [-0.25, -0.2) is 0 Å². The highest BCUT2D eigenvalue weighted by Gasteiger charge is 2.14. The minimum Gasteiger partial charge on any atom is -0.0654 e. The molecule has 0 N–H and O–H groups in total. The normalized spacial score (nSPS) is 15.0. The Hall–Kier alpha value is 0. The first-order valence-electron chi connectivity index (χ1n) is 4.81. The van der Waals surface area contributed by atoms with Crippen LogP contribution in [0.15, 0.2) is 0 Å². The molecule has 11 heavy (non-hydrogen) atoms. The van der Waals surface area contributed by atoms with Crippen molar-refractivity contribution in [2.24, 2.45) is 11.3 Å². The largest absolute Gasteiger partial charge is 0.0654 e. The lowest BCUT2D eigenvalue weighted by Gasteiger charge is -2.22. The minimum atomic E-state index is 0.271. The van der Waals surface area contributed by atoms with Crippen molar-refractivity contribution in [1.29, 1.82) is 0 Å². The summed E-state index contributed by atoms with van der Waals surface area (Å²) < 4.78 is 0. The summed E-state index contributed by atoms with van der Waals surface area (Å²) in [6, 6.07) is 0. The van der Waals surface area contributed by atoms with Crippen LogP contribution in [0.2, 0.25) is 0 Å². The fourth-order valence-electron chi connectivity index (χ4n) is 1.60. The molecule has 1 radical (unpaired) electrons. The topological polar surface area (TPSA) is 0 Å². The van der Waals surface area contributed by atoms with Crippen LogP contribution in [0.3, 0.4) is 0 Å². The van der Waals surface area contributed by atoms with Crippen LogP contribution in [0.5, 0.6) is 0 Å². The van der Waals surface area contributed by atoms with Gasteiger partial charge in [-0.3, -0.25) is 0 Å². The molecule has 0 rings (SSSR count). The van der Waals surface area contributed by atoms with E-state index >= 15 is 0 Å². The Kier molecular flexibility index (Phi) is 4.79. The summed E-state index contributed by atoms with van der Waals surface area (Å²) in [5, 5.41) is 0. The lowest BCUT2D eigenvalue weighted by molar-refractivity contribution is 0.327. The predicted molar refractivity (Wildman–Crippen MR) is 52.4 cm³/mol. The van der Waals surface area contributed by atoms with E-state index < -0.39 is 0 Å². The molecular formula is C11H23. The maximum absolute atomic E-state index is 4.12. The number of unbranched alkanes of at least 4 members (excludes halogenated alkanes) is 1. The Bertz CT molecular complexity index is 86.7. The molecule has 0 aromatic rings. The summed E-state index contributed by atoms with van der Waals surface area (Å²) in [5.74, 6) is 0.849. The maximum Gasteiger partial charge on any atom is -0.0351 e. The van der Waals surface area contributed by atoms with Gasteiger partial charge in [-0.2, -0.15) is 0 Å². The fourth-order valence-corrected chi connectivity index (χ4v) is 1.60. The molecule has 0 heteroatoms. The zero-order valence-electron chi connectivity index (χ0n) is 8.61. The summed E-state index contributed by atoms with van der Waals surface area (Å²) in [5.41, 5.74) is 0.271. The molecule has 0 bridgehead atoms. The summed E-state index contributed by atoms with van der Waals surface area (Å²) in [7, 11) is 0. The highest BCUT2D eigenvalue weighted by molar-refractivity contribution is 4.73. The predicted octanol–water partition coefficient (Wildman–Crippen LogP) is 4.06. The van der Waals surface area contributed by atoms with E-state index in [-0.39, 0.29) is 5.41 Å². The van der Waals surface area contributed by atoms with E-state index in [1.807, 2.05) is 0 Å². The Morgan fingerprint density at radius 3 is 2.27 bits per heavy atom. The van der Waals surface area contributed by atoms with E-state index in [9.17, 15) is 0 Å². The monoisotopic (exact) mass is 155 g/mol. The van der Waals surface area contributed by atoms with Crippen LogP contribution in [0.25, 0.3) is 0 Å². The van der Waals surface area contributed by atoms with Crippen LogP contribution in [0, 0.1) is 18.3 Å². The second kappa shape index (κ2) is 4.79. The van der Waals surface area contributed by atoms with Crippen molar-refractivity contribution >= 4 is 0 Å². The van der Waals surface area contributed by atoms with Gasteiger partial charge in [0.1, 0.15) is 0 Å². The van der Waals surface area contributed by atoms with Crippen LogP contribution in [0.4, 0.5) is 0 Å². The Labute approximate surface area is 72.4 Å². The van der Waals surface area contributed by atoms with Crippen molar-refractivity contribution in [3.8, 4) is 0 Å². The lowest BCUT2D eigenvalue weighted by atomic mass is 9.83. The van der Waals surface area contributed by atoms with E-state index in [4.69, 9.17) is 0 Å². The van der Waals surface area contributed by atoms with Crippen molar-refractivity contribution in [2.45, 2.75) is 53.4 Å². The average Bonchev–Trinajstić information content (AvgIpc) is 1.79. The number of hydrogen-bond acceptors (Lipinski definition) is 0. The maximum atomic E-state index is 4.12. The quantitative estimate of drug-likeness (QED) is 0.561. The third-order valence-electron chi connectivity index (χ3n) is 1.95. The third kappa shape index (κ3) is 7.90. The molecule has 0 spiro atoms. The summed E-state index contributed by atoms with van der Waals surface area (Å²) in [4.78, 5) is 0. The first kappa shape index (κ1) is 11.0. The van der Waals surface area contributed by atoms with E-state index in [1.165, 1.54) is 25.7 Å². The van der Waals surface area contributed by atoms with Gasteiger partial charge in [0.05, 0.1) is 0 Å². The van der Waals surface area contributed by atoms with E-state index in [1.54, 1.807) is 0 Å². The van der Waals surface area contributed by atoms with Gasteiger partial charge in [-0.1, -0.05) is 47.0 Å². The van der Waals surface area contributed by atoms with Crippen molar-refractivity contribution in [1.82, 2.24) is 0 Å². The van der Waals surface area contributed by atoms with Crippen LogP contribution >= 0.6 is 0 Å². The van der Waals surface area contributed by atoms with Crippen LogP contribution in [0.1, 0.15) is 53.4 Å². The second-order valence-electron chi connectivity index (χ2n) is 4.62. The molecule has 0 heterocycles. The van der Waals surface area contributed by atoms with Crippen molar-refractivity contribution in [3.63, 3.8) is 0 Å². The standard InChI is InChI=1S/C11H23/c1-6-7-8-10(2)9-11(3,4)5/h10H,3,6-9H2,1-2,4-5H3. The zero-order valence-corrected chi connectivity index (χ0v) is 8.61. The first-order chi connectivity index (χ1) is 4.95. The molecule has 67 valence electrons. The second-order valence-corrected chi connectivity index (χ2v) is 4.62. The zero-order chi connectivity index (χ0) is 8.91. The van der Waals surface area contributed by atoms with Crippen molar-refractivity contribution in [2.75, 3.05) is 0 Å².